The maximum atomic E-state index is 12.4. The van der Waals surface area contributed by atoms with Crippen molar-refractivity contribution in [3.8, 4) is 11.5 Å². The molecule has 2 aromatic rings. The van der Waals surface area contributed by atoms with E-state index in [4.69, 9.17) is 18.9 Å². The van der Waals surface area contributed by atoms with Crippen LogP contribution in [0.25, 0.3) is 10.8 Å². The lowest BCUT2D eigenvalue weighted by Gasteiger charge is -2.56. The largest absolute Gasteiger partial charge is 0.506 e. The van der Waals surface area contributed by atoms with Crippen LogP contribution in [0, 0.1) is 36.5 Å². The van der Waals surface area contributed by atoms with Gasteiger partial charge in [-0.25, -0.2) is 4.79 Å². The lowest BCUT2D eigenvalue weighted by molar-refractivity contribution is -0.326. The van der Waals surface area contributed by atoms with Crippen molar-refractivity contribution in [3.05, 3.63) is 57.7 Å². The Morgan fingerprint density at radius 2 is 1.92 bits per heavy atom. The molecule has 5 N–H and O–H groups in total. The number of ketones is 1. The van der Waals surface area contributed by atoms with E-state index in [9.17, 15) is 35.1 Å². The Balaban J connectivity index is 1.15. The standard InChI is InChI=1S/C37H42O11/c1-16-8-20-9-21(35(43)44)10-26(31(20)32(40)28(16)17(2)39)47-36-33(41)34(42)37(27(12-38)48-36)11-24-22-5-3-4-18-13-45-15-25(30(18)22)23-7-6-19(14-46-37)29(23)24/h7-10,18,22,24-25,27,30,33-34,36,38,40-42H,3-6,11-15H2,1-2H3,(H,43,44). The molecule has 2 saturated heterocycles. The lowest BCUT2D eigenvalue weighted by Crippen LogP contribution is -2.69. The van der Waals surface area contributed by atoms with Crippen molar-refractivity contribution in [1.82, 2.24) is 0 Å². The van der Waals surface area contributed by atoms with Crippen molar-refractivity contribution in [1.29, 1.82) is 0 Å². The van der Waals surface area contributed by atoms with Crippen LogP contribution in [0.5, 0.6) is 11.5 Å². The minimum absolute atomic E-state index is 0.0525. The zero-order valence-electron chi connectivity index (χ0n) is 27.1. The Kier molecular flexibility index (Phi) is 7.74. The molecule has 0 aromatic heterocycles. The van der Waals surface area contributed by atoms with Gasteiger partial charge in [-0.1, -0.05) is 18.6 Å². The highest BCUT2D eigenvalue weighted by Crippen LogP contribution is 2.61. The minimum Gasteiger partial charge on any atom is -0.506 e. The first-order valence-corrected chi connectivity index (χ1v) is 17.0. The molecule has 256 valence electrons. The van der Waals surface area contributed by atoms with Crippen LogP contribution in [0.4, 0.5) is 0 Å². The van der Waals surface area contributed by atoms with Crippen molar-refractivity contribution >= 4 is 22.5 Å². The van der Waals surface area contributed by atoms with Gasteiger partial charge in [0.2, 0.25) is 6.29 Å². The SMILES string of the molecule is CC(=O)c1c(C)cc2cc(C(=O)O)cc(OC3OC(CO)C4(CC5C6=C(CC=C6C6COCC7CCCC5C76)CO4)C(O)C3O)c2c1O. The number of aromatic carboxylic acids is 1. The van der Waals surface area contributed by atoms with E-state index in [1.54, 1.807) is 13.0 Å². The van der Waals surface area contributed by atoms with Crippen LogP contribution in [0.1, 0.15) is 65.3 Å². The lowest BCUT2D eigenvalue weighted by atomic mass is 9.52. The van der Waals surface area contributed by atoms with Crippen LogP contribution in [-0.2, 0) is 14.2 Å². The second kappa shape index (κ2) is 11.6. The number of aliphatic hydroxyl groups is 3. The number of aryl methyl sites for hydroxylation is 1. The summed E-state index contributed by atoms with van der Waals surface area (Å²) in [7, 11) is 0. The number of benzene rings is 2. The second-order valence-corrected chi connectivity index (χ2v) is 14.6. The molecule has 11 nitrogen and oxygen atoms in total. The minimum atomic E-state index is -1.67. The van der Waals surface area contributed by atoms with Gasteiger partial charge in [0.1, 0.15) is 35.4 Å². The zero-order valence-corrected chi connectivity index (χ0v) is 27.1. The fourth-order valence-corrected chi connectivity index (χ4v) is 10.2. The van der Waals surface area contributed by atoms with E-state index >= 15 is 0 Å². The number of carboxylic acid groups (broad SMARTS) is 1. The maximum Gasteiger partial charge on any atom is 0.335 e. The molecule has 3 aliphatic carbocycles. The van der Waals surface area contributed by atoms with Crippen LogP contribution in [0.3, 0.4) is 0 Å². The number of aliphatic hydroxyl groups excluding tert-OH is 3. The van der Waals surface area contributed by atoms with Gasteiger partial charge in [0, 0.05) is 12.5 Å². The van der Waals surface area contributed by atoms with E-state index < -0.39 is 54.3 Å². The van der Waals surface area contributed by atoms with Gasteiger partial charge >= 0.3 is 5.97 Å². The number of rotatable bonds is 5. The van der Waals surface area contributed by atoms with Gasteiger partial charge in [0.25, 0.3) is 0 Å². The van der Waals surface area contributed by atoms with Crippen molar-refractivity contribution in [2.45, 2.75) is 76.2 Å². The fourth-order valence-electron chi connectivity index (χ4n) is 10.2. The molecular formula is C37H42O11. The van der Waals surface area contributed by atoms with Crippen molar-refractivity contribution in [3.63, 3.8) is 0 Å². The summed E-state index contributed by atoms with van der Waals surface area (Å²) in [4.78, 5) is 24.5. The van der Waals surface area contributed by atoms with Crippen LogP contribution in [0.2, 0.25) is 0 Å². The van der Waals surface area contributed by atoms with Gasteiger partial charge in [-0.3, -0.25) is 4.79 Å². The highest BCUT2D eigenvalue weighted by molar-refractivity contribution is 6.08. The van der Waals surface area contributed by atoms with Crippen LogP contribution < -0.4 is 4.74 Å². The summed E-state index contributed by atoms with van der Waals surface area (Å²) >= 11 is 0. The number of carboxylic acids is 1. The third-order valence-corrected chi connectivity index (χ3v) is 12.2. The number of hydrogen-bond donors (Lipinski definition) is 5. The normalized spacial score (nSPS) is 37.1. The number of aromatic hydroxyl groups is 1. The van der Waals surface area contributed by atoms with Crippen LogP contribution in [0.15, 0.2) is 41.0 Å². The molecule has 3 aliphatic heterocycles. The summed E-state index contributed by atoms with van der Waals surface area (Å²) < 4.78 is 25.1. The molecule has 2 saturated carbocycles. The highest BCUT2D eigenvalue weighted by Gasteiger charge is 2.62. The van der Waals surface area contributed by atoms with Gasteiger partial charge in [0.15, 0.2) is 5.78 Å². The number of phenols is 1. The Hall–Kier alpha value is -3.32. The summed E-state index contributed by atoms with van der Waals surface area (Å²) in [6.07, 6.45) is 0.830. The first-order chi connectivity index (χ1) is 23.0. The molecular weight excluding hydrogens is 620 g/mol. The smallest absolute Gasteiger partial charge is 0.335 e. The van der Waals surface area contributed by atoms with Crippen LogP contribution >= 0.6 is 0 Å². The maximum absolute atomic E-state index is 12.4. The molecule has 0 bridgehead atoms. The zero-order chi connectivity index (χ0) is 33.6. The van der Waals surface area contributed by atoms with Gasteiger partial charge in [-0.2, -0.15) is 0 Å². The molecule has 1 spiro atoms. The third-order valence-electron chi connectivity index (χ3n) is 12.2. The molecule has 4 fully saturated rings. The molecule has 11 heteroatoms. The monoisotopic (exact) mass is 662 g/mol. The van der Waals surface area contributed by atoms with E-state index in [-0.39, 0.29) is 34.8 Å². The number of fused-ring (bicyclic) bond motifs is 3. The summed E-state index contributed by atoms with van der Waals surface area (Å²) in [6.45, 7) is 4.11. The third kappa shape index (κ3) is 4.62. The number of hydrogen-bond acceptors (Lipinski definition) is 10. The number of ether oxygens (including phenoxy) is 4. The van der Waals surface area contributed by atoms with Crippen molar-refractivity contribution in [2.75, 3.05) is 26.4 Å². The number of Topliss-reactive ketones (excluding diaryl/α,β-unsaturated/α-hetero) is 1. The van der Waals surface area contributed by atoms with Crippen LogP contribution in [-0.4, -0.2) is 93.9 Å². The summed E-state index contributed by atoms with van der Waals surface area (Å²) in [5.41, 5.74) is 2.70. The van der Waals surface area contributed by atoms with E-state index in [0.29, 0.717) is 47.6 Å². The first-order valence-electron chi connectivity index (χ1n) is 17.0. The molecule has 10 unspecified atom stereocenters. The fraction of sp³-hybridized carbons (Fsp3) is 0.568. The summed E-state index contributed by atoms with van der Waals surface area (Å²) in [6, 6.07) is 4.12. The number of allylic oxidation sites excluding steroid dienone is 2. The molecule has 6 aliphatic rings. The molecule has 0 amide bonds. The van der Waals surface area contributed by atoms with Crippen molar-refractivity contribution in [2.24, 2.45) is 29.6 Å². The molecule has 2 aromatic carbocycles. The van der Waals surface area contributed by atoms with Gasteiger partial charge in [-0.15, -0.1) is 0 Å². The number of carbonyl (C=O) groups excluding carboxylic acids is 1. The number of phenolic OH excluding ortho intramolecular Hbond substituents is 1. The van der Waals surface area contributed by atoms with E-state index in [1.807, 2.05) is 0 Å². The molecule has 10 atom stereocenters. The quantitative estimate of drug-likeness (QED) is 0.296. The second-order valence-electron chi connectivity index (χ2n) is 14.6. The average molecular weight is 663 g/mol. The Morgan fingerprint density at radius 1 is 1.10 bits per heavy atom. The summed E-state index contributed by atoms with van der Waals surface area (Å²) in [5.74, 6) is -0.517. The van der Waals surface area contributed by atoms with Crippen molar-refractivity contribution < 1.29 is 54.1 Å². The highest BCUT2D eigenvalue weighted by atomic mass is 16.7. The predicted molar refractivity (Wildman–Crippen MR) is 171 cm³/mol. The Labute approximate surface area is 277 Å². The number of carbonyl (C=O) groups is 2. The summed E-state index contributed by atoms with van der Waals surface area (Å²) in [5, 5.41) is 55.9. The van der Waals surface area contributed by atoms with E-state index in [1.165, 1.54) is 35.8 Å². The van der Waals surface area contributed by atoms with Gasteiger partial charge < -0.3 is 44.5 Å². The Morgan fingerprint density at radius 3 is 2.67 bits per heavy atom. The molecule has 48 heavy (non-hydrogen) atoms. The molecule has 0 radical (unpaired) electrons. The molecule has 8 rings (SSSR count). The average Bonchev–Trinajstić information content (AvgIpc) is 3.41. The predicted octanol–water partition coefficient (Wildman–Crippen LogP) is 3.67. The first kappa shape index (κ1) is 31.9. The van der Waals surface area contributed by atoms with Gasteiger partial charge in [0.05, 0.1) is 36.3 Å². The van der Waals surface area contributed by atoms with E-state index in [2.05, 4.69) is 6.08 Å². The topological polar surface area (TPSA) is 172 Å². The van der Waals surface area contributed by atoms with E-state index in [0.717, 1.165) is 32.3 Å². The molecule has 3 heterocycles. The Bertz CT molecular complexity index is 1760. The van der Waals surface area contributed by atoms with Gasteiger partial charge in [-0.05, 0) is 103 Å².